The highest BCUT2D eigenvalue weighted by Gasteiger charge is 2.12. The first-order valence-corrected chi connectivity index (χ1v) is 8.64. The van der Waals surface area contributed by atoms with Crippen LogP contribution >= 0.6 is 35.6 Å². The Bertz CT molecular complexity index is 519. The molecule has 1 aromatic rings. The topological polar surface area (TPSA) is 42.5 Å². The van der Waals surface area contributed by atoms with Gasteiger partial charge in [0.05, 0.1) is 24.9 Å². The molecule has 0 amide bonds. The monoisotopic (exact) mass is 362 g/mol. The fourth-order valence-corrected chi connectivity index (χ4v) is 2.91. The molecule has 0 aromatic heterocycles. The number of hydrogen-bond acceptors (Lipinski definition) is 4. The van der Waals surface area contributed by atoms with Gasteiger partial charge in [0.15, 0.2) is 5.11 Å². The Labute approximate surface area is 147 Å². The maximum absolute atomic E-state index is 6.08. The van der Waals surface area contributed by atoms with Crippen molar-refractivity contribution in [2.75, 3.05) is 31.8 Å². The summed E-state index contributed by atoms with van der Waals surface area (Å²) in [7, 11) is 3.15. The average Bonchev–Trinajstić information content (AvgIpc) is 2.44. The molecular weight excluding hydrogens is 340 g/mol. The third kappa shape index (κ3) is 6.50. The van der Waals surface area contributed by atoms with Crippen molar-refractivity contribution in [3.8, 4) is 11.5 Å². The number of benzene rings is 1. The first-order valence-electron chi connectivity index (χ1n) is 6.87. The van der Waals surface area contributed by atoms with Crippen LogP contribution in [0.4, 0.5) is 5.69 Å². The Kier molecular flexibility index (Phi) is 7.59. The number of thioether (sulfide) groups is 1. The zero-order valence-electron chi connectivity index (χ0n) is 13.6. The van der Waals surface area contributed by atoms with E-state index in [1.54, 1.807) is 26.4 Å². The molecule has 0 atom stereocenters. The molecule has 0 aliphatic carbocycles. The zero-order chi connectivity index (χ0) is 16.8. The Morgan fingerprint density at radius 3 is 2.41 bits per heavy atom. The van der Waals surface area contributed by atoms with Crippen molar-refractivity contribution >= 4 is 46.4 Å². The summed E-state index contributed by atoms with van der Waals surface area (Å²) in [5, 5.41) is 7.32. The van der Waals surface area contributed by atoms with Crippen molar-refractivity contribution in [1.29, 1.82) is 0 Å². The van der Waals surface area contributed by atoms with E-state index in [0.717, 1.165) is 12.3 Å². The summed E-state index contributed by atoms with van der Waals surface area (Å²) in [6.45, 7) is 7.37. The summed E-state index contributed by atoms with van der Waals surface area (Å²) in [4.78, 5) is 0. The van der Waals surface area contributed by atoms with Crippen molar-refractivity contribution in [3.63, 3.8) is 0 Å². The van der Waals surface area contributed by atoms with Crippen molar-refractivity contribution in [1.82, 2.24) is 5.32 Å². The van der Waals surface area contributed by atoms with E-state index in [1.165, 1.54) is 0 Å². The Hall–Kier alpha value is -0.850. The second-order valence-electron chi connectivity index (χ2n) is 5.53. The molecule has 0 bridgehead atoms. The van der Waals surface area contributed by atoms with E-state index >= 15 is 0 Å². The van der Waals surface area contributed by atoms with Gasteiger partial charge in [-0.2, -0.15) is 11.8 Å². The van der Waals surface area contributed by atoms with Crippen LogP contribution < -0.4 is 20.1 Å². The molecule has 22 heavy (non-hydrogen) atoms. The lowest BCUT2D eigenvalue weighted by atomic mass is 10.2. The third-order valence-electron chi connectivity index (χ3n) is 2.64. The molecule has 124 valence electrons. The van der Waals surface area contributed by atoms with Gasteiger partial charge >= 0.3 is 0 Å². The predicted molar refractivity (Wildman–Crippen MR) is 101 cm³/mol. The Morgan fingerprint density at radius 1 is 1.23 bits per heavy atom. The Morgan fingerprint density at radius 2 is 1.86 bits per heavy atom. The number of rotatable bonds is 6. The highest BCUT2D eigenvalue weighted by molar-refractivity contribution is 8.00. The van der Waals surface area contributed by atoms with Gasteiger partial charge in [-0.05, 0) is 12.2 Å². The maximum atomic E-state index is 6.08. The van der Waals surface area contributed by atoms with Gasteiger partial charge in [0.1, 0.15) is 11.5 Å². The second kappa shape index (κ2) is 8.70. The molecule has 0 heterocycles. The smallest absolute Gasteiger partial charge is 0.170 e. The van der Waals surface area contributed by atoms with Gasteiger partial charge in [0.25, 0.3) is 0 Å². The van der Waals surface area contributed by atoms with E-state index in [9.17, 15) is 0 Å². The molecule has 0 radical (unpaired) electrons. The van der Waals surface area contributed by atoms with E-state index in [0.29, 0.717) is 27.3 Å². The summed E-state index contributed by atoms with van der Waals surface area (Å²) in [6, 6.07) is 3.46. The summed E-state index contributed by atoms with van der Waals surface area (Å²) in [6.07, 6.45) is 0. The maximum Gasteiger partial charge on any atom is 0.170 e. The summed E-state index contributed by atoms with van der Waals surface area (Å²) in [5.74, 6) is 2.15. The second-order valence-corrected chi connectivity index (χ2v) is 8.27. The van der Waals surface area contributed by atoms with Crippen molar-refractivity contribution in [3.05, 3.63) is 17.2 Å². The summed E-state index contributed by atoms with van der Waals surface area (Å²) >= 11 is 13.3. The molecule has 0 fully saturated rings. The van der Waals surface area contributed by atoms with Crippen LogP contribution in [0, 0.1) is 0 Å². The highest BCUT2D eigenvalue weighted by Crippen LogP contribution is 2.35. The first-order chi connectivity index (χ1) is 10.3. The molecular formula is C15H23ClN2O2S2. The van der Waals surface area contributed by atoms with Crippen molar-refractivity contribution in [2.45, 2.75) is 25.5 Å². The SMILES string of the molecule is COc1cc(NC(=S)NCCSC(C)(C)C)c(OC)cc1Cl. The number of hydrogen-bond donors (Lipinski definition) is 2. The van der Waals surface area contributed by atoms with E-state index in [1.807, 2.05) is 11.8 Å². The molecule has 1 aromatic carbocycles. The van der Waals surface area contributed by atoms with Gasteiger partial charge in [0, 0.05) is 29.2 Å². The number of nitrogens with one attached hydrogen (secondary N) is 2. The van der Waals surface area contributed by atoms with Crippen LogP contribution in [-0.2, 0) is 0 Å². The molecule has 4 nitrogen and oxygen atoms in total. The predicted octanol–water partition coefficient (Wildman–Crippen LogP) is 4.18. The molecule has 0 unspecified atom stereocenters. The molecule has 0 aliphatic rings. The quantitative estimate of drug-likeness (QED) is 0.584. The fourth-order valence-electron chi connectivity index (χ4n) is 1.65. The number of methoxy groups -OCH3 is 2. The third-order valence-corrected chi connectivity index (χ3v) is 4.46. The molecule has 0 saturated carbocycles. The van der Waals surface area contributed by atoms with E-state index in [4.69, 9.17) is 33.3 Å². The lowest BCUT2D eigenvalue weighted by Crippen LogP contribution is -2.31. The standard InChI is InChI=1S/C15H23ClN2O2S2/c1-15(2,3)22-7-6-17-14(21)18-11-9-12(19-4)10(16)8-13(11)20-5/h8-9H,6-7H2,1-5H3,(H2,17,18,21). The van der Waals surface area contributed by atoms with Crippen LogP contribution in [0.25, 0.3) is 0 Å². The van der Waals surface area contributed by atoms with Gasteiger partial charge in [-0.25, -0.2) is 0 Å². The van der Waals surface area contributed by atoms with Gasteiger partial charge < -0.3 is 20.1 Å². The van der Waals surface area contributed by atoms with Gasteiger partial charge in [0.2, 0.25) is 0 Å². The van der Waals surface area contributed by atoms with Crippen LogP contribution in [0.2, 0.25) is 5.02 Å². The number of thiocarbonyl (C=S) groups is 1. The molecule has 0 saturated heterocycles. The lowest BCUT2D eigenvalue weighted by molar-refractivity contribution is 0.405. The zero-order valence-corrected chi connectivity index (χ0v) is 16.0. The minimum absolute atomic E-state index is 0.253. The number of halogens is 1. The van der Waals surface area contributed by atoms with Crippen molar-refractivity contribution < 1.29 is 9.47 Å². The van der Waals surface area contributed by atoms with Crippen LogP contribution in [0.3, 0.4) is 0 Å². The van der Waals surface area contributed by atoms with E-state index < -0.39 is 0 Å². The van der Waals surface area contributed by atoms with Crippen LogP contribution in [0.15, 0.2) is 12.1 Å². The molecule has 2 N–H and O–H groups in total. The molecule has 7 heteroatoms. The van der Waals surface area contributed by atoms with Crippen LogP contribution in [0.1, 0.15) is 20.8 Å². The molecule has 0 aliphatic heterocycles. The average molecular weight is 363 g/mol. The fraction of sp³-hybridized carbons (Fsp3) is 0.533. The van der Waals surface area contributed by atoms with Crippen LogP contribution in [0.5, 0.6) is 11.5 Å². The largest absolute Gasteiger partial charge is 0.495 e. The molecule has 1 rings (SSSR count). The summed E-state index contributed by atoms with van der Waals surface area (Å²) < 4.78 is 10.8. The first kappa shape index (κ1) is 19.2. The Balaban J connectivity index is 2.60. The number of ether oxygens (including phenoxy) is 2. The highest BCUT2D eigenvalue weighted by atomic mass is 35.5. The van der Waals surface area contributed by atoms with Gasteiger partial charge in [-0.15, -0.1) is 0 Å². The lowest BCUT2D eigenvalue weighted by Gasteiger charge is -2.18. The normalized spacial score (nSPS) is 11.0. The van der Waals surface area contributed by atoms with Gasteiger partial charge in [-0.3, -0.25) is 0 Å². The molecule has 0 spiro atoms. The van der Waals surface area contributed by atoms with E-state index in [-0.39, 0.29) is 4.75 Å². The summed E-state index contributed by atoms with van der Waals surface area (Å²) in [5.41, 5.74) is 0.713. The van der Waals surface area contributed by atoms with Gasteiger partial charge in [-0.1, -0.05) is 32.4 Å². The number of anilines is 1. The van der Waals surface area contributed by atoms with Crippen LogP contribution in [-0.4, -0.2) is 36.4 Å². The van der Waals surface area contributed by atoms with E-state index in [2.05, 4.69) is 31.4 Å². The minimum atomic E-state index is 0.253. The minimum Gasteiger partial charge on any atom is -0.495 e. The van der Waals surface area contributed by atoms with Crippen molar-refractivity contribution in [2.24, 2.45) is 0 Å².